The first kappa shape index (κ1) is 11.6. The molecule has 2 aliphatic rings. The van der Waals surface area contributed by atoms with Gasteiger partial charge in [0, 0.05) is 26.2 Å². The summed E-state index contributed by atoms with van der Waals surface area (Å²) in [5.41, 5.74) is 2.60. The highest BCUT2D eigenvalue weighted by molar-refractivity contribution is 5.75. The van der Waals surface area contributed by atoms with Crippen LogP contribution in [-0.4, -0.2) is 28.9 Å². The summed E-state index contributed by atoms with van der Waals surface area (Å²) in [4.78, 5) is 16.5. The highest BCUT2D eigenvalue weighted by atomic mass is 16.2. The van der Waals surface area contributed by atoms with E-state index < -0.39 is 0 Å². The fraction of sp³-hybridized carbons (Fsp3) is 0.533. The van der Waals surface area contributed by atoms with Gasteiger partial charge in [0.1, 0.15) is 0 Å². The molecule has 1 unspecified atom stereocenters. The first-order valence-electron chi connectivity index (χ1n) is 6.84. The third kappa shape index (κ3) is 2.09. The highest BCUT2D eigenvalue weighted by Crippen LogP contribution is 2.25. The van der Waals surface area contributed by atoms with Crippen LogP contribution in [0.1, 0.15) is 30.9 Å². The number of amides is 2. The van der Waals surface area contributed by atoms with Crippen LogP contribution >= 0.6 is 0 Å². The van der Waals surface area contributed by atoms with Crippen LogP contribution in [0.2, 0.25) is 0 Å². The molecule has 1 aromatic rings. The van der Waals surface area contributed by atoms with Gasteiger partial charge >= 0.3 is 6.03 Å². The second kappa shape index (κ2) is 4.63. The van der Waals surface area contributed by atoms with Gasteiger partial charge in [-0.1, -0.05) is 31.2 Å². The molecule has 3 rings (SSSR count). The molecule has 18 heavy (non-hydrogen) atoms. The molecule has 0 aromatic heterocycles. The molecule has 2 amide bonds. The van der Waals surface area contributed by atoms with Gasteiger partial charge in [-0.2, -0.15) is 0 Å². The van der Waals surface area contributed by atoms with E-state index in [1.54, 1.807) is 0 Å². The normalized spacial score (nSPS) is 23.1. The number of fused-ring (bicyclic) bond motifs is 1. The average molecular weight is 244 g/mol. The molecule has 1 fully saturated rings. The maximum Gasteiger partial charge on any atom is 0.320 e. The molecule has 3 nitrogen and oxygen atoms in total. The van der Waals surface area contributed by atoms with Crippen molar-refractivity contribution in [2.24, 2.45) is 5.92 Å². The molecule has 0 spiro atoms. The average Bonchev–Trinajstić information content (AvgIpc) is 2.81. The quantitative estimate of drug-likeness (QED) is 0.688. The summed E-state index contributed by atoms with van der Waals surface area (Å²) in [7, 11) is 0. The van der Waals surface area contributed by atoms with E-state index in [-0.39, 0.29) is 6.03 Å². The summed E-state index contributed by atoms with van der Waals surface area (Å²) in [6.45, 7) is 5.64. The monoisotopic (exact) mass is 244 g/mol. The van der Waals surface area contributed by atoms with Gasteiger partial charge in [0.2, 0.25) is 0 Å². The third-order valence-corrected chi connectivity index (χ3v) is 4.04. The Labute approximate surface area is 108 Å². The van der Waals surface area contributed by atoms with Crippen LogP contribution in [0.25, 0.3) is 0 Å². The van der Waals surface area contributed by atoms with Crippen molar-refractivity contribution < 1.29 is 4.79 Å². The fourth-order valence-electron chi connectivity index (χ4n) is 3.03. The van der Waals surface area contributed by atoms with E-state index in [1.165, 1.54) is 17.5 Å². The zero-order valence-corrected chi connectivity index (χ0v) is 10.9. The Morgan fingerprint density at radius 3 is 2.44 bits per heavy atom. The van der Waals surface area contributed by atoms with E-state index >= 15 is 0 Å². The van der Waals surface area contributed by atoms with Gasteiger partial charge in [-0.25, -0.2) is 4.79 Å². The molecule has 2 heterocycles. The molecule has 0 N–H and O–H groups in total. The van der Waals surface area contributed by atoms with Crippen molar-refractivity contribution in [2.75, 3.05) is 13.1 Å². The van der Waals surface area contributed by atoms with Crippen LogP contribution in [0.15, 0.2) is 24.3 Å². The van der Waals surface area contributed by atoms with E-state index in [2.05, 4.69) is 31.2 Å². The molecule has 0 saturated carbocycles. The zero-order chi connectivity index (χ0) is 12.5. The SMILES string of the molecule is CC1CCCN(C(=O)N2Cc3ccccc3C2)C1. The van der Waals surface area contributed by atoms with E-state index in [9.17, 15) is 4.79 Å². The molecule has 0 radical (unpaired) electrons. The number of rotatable bonds is 0. The number of carbonyl (C=O) groups is 1. The van der Waals surface area contributed by atoms with Crippen LogP contribution in [0.4, 0.5) is 4.79 Å². The number of benzene rings is 1. The van der Waals surface area contributed by atoms with Gasteiger partial charge < -0.3 is 9.80 Å². The second-order valence-corrected chi connectivity index (χ2v) is 5.60. The van der Waals surface area contributed by atoms with Crippen LogP contribution < -0.4 is 0 Å². The molecule has 1 atom stereocenters. The van der Waals surface area contributed by atoms with Crippen LogP contribution in [0, 0.1) is 5.92 Å². The Balaban J connectivity index is 1.68. The minimum atomic E-state index is 0.220. The molecule has 2 aliphatic heterocycles. The van der Waals surface area contributed by atoms with Gasteiger partial charge in [-0.15, -0.1) is 0 Å². The van der Waals surface area contributed by atoms with E-state index in [0.29, 0.717) is 5.92 Å². The van der Waals surface area contributed by atoms with Crippen molar-refractivity contribution >= 4 is 6.03 Å². The molecular formula is C15H20N2O. The number of likely N-dealkylation sites (tertiary alicyclic amines) is 1. The summed E-state index contributed by atoms with van der Waals surface area (Å²) in [5, 5.41) is 0. The molecule has 0 aliphatic carbocycles. The van der Waals surface area contributed by atoms with E-state index in [1.807, 2.05) is 9.80 Å². The Morgan fingerprint density at radius 1 is 1.17 bits per heavy atom. The molecule has 96 valence electrons. The minimum absolute atomic E-state index is 0.220. The van der Waals surface area contributed by atoms with Crippen molar-refractivity contribution in [1.29, 1.82) is 0 Å². The van der Waals surface area contributed by atoms with E-state index in [4.69, 9.17) is 0 Å². The minimum Gasteiger partial charge on any atom is -0.324 e. The number of hydrogen-bond acceptors (Lipinski definition) is 1. The summed E-state index contributed by atoms with van der Waals surface area (Å²) < 4.78 is 0. The van der Waals surface area contributed by atoms with Gasteiger partial charge in [0.05, 0.1) is 0 Å². The predicted octanol–water partition coefficient (Wildman–Crippen LogP) is 2.85. The number of piperidine rings is 1. The Morgan fingerprint density at radius 2 is 1.83 bits per heavy atom. The highest BCUT2D eigenvalue weighted by Gasteiger charge is 2.28. The van der Waals surface area contributed by atoms with Gasteiger partial charge in [0.15, 0.2) is 0 Å². The summed E-state index contributed by atoms with van der Waals surface area (Å²) in [5.74, 6) is 0.646. The Hall–Kier alpha value is -1.51. The molecule has 3 heteroatoms. The lowest BCUT2D eigenvalue weighted by Crippen LogP contribution is -2.45. The lowest BCUT2D eigenvalue weighted by molar-refractivity contribution is 0.131. The Bertz CT molecular complexity index is 433. The van der Waals surface area contributed by atoms with Crippen molar-refractivity contribution in [3.8, 4) is 0 Å². The van der Waals surface area contributed by atoms with Crippen LogP contribution in [0.5, 0.6) is 0 Å². The number of carbonyl (C=O) groups excluding carboxylic acids is 1. The van der Waals surface area contributed by atoms with Crippen molar-refractivity contribution in [1.82, 2.24) is 9.80 Å². The lowest BCUT2D eigenvalue weighted by atomic mass is 10.0. The zero-order valence-electron chi connectivity index (χ0n) is 10.9. The molecule has 1 aromatic carbocycles. The van der Waals surface area contributed by atoms with Gasteiger partial charge in [-0.3, -0.25) is 0 Å². The van der Waals surface area contributed by atoms with Crippen molar-refractivity contribution in [2.45, 2.75) is 32.9 Å². The third-order valence-electron chi connectivity index (χ3n) is 4.04. The number of nitrogens with zero attached hydrogens (tertiary/aromatic N) is 2. The summed E-state index contributed by atoms with van der Waals surface area (Å²) in [6, 6.07) is 8.58. The lowest BCUT2D eigenvalue weighted by Gasteiger charge is -2.33. The number of urea groups is 1. The molecular weight excluding hydrogens is 224 g/mol. The van der Waals surface area contributed by atoms with E-state index in [0.717, 1.165) is 32.6 Å². The van der Waals surface area contributed by atoms with Crippen molar-refractivity contribution in [3.63, 3.8) is 0 Å². The predicted molar refractivity (Wildman–Crippen MR) is 71.1 cm³/mol. The first-order valence-corrected chi connectivity index (χ1v) is 6.84. The maximum atomic E-state index is 12.5. The summed E-state index contributed by atoms with van der Waals surface area (Å²) >= 11 is 0. The first-order chi connectivity index (χ1) is 8.74. The molecule has 0 bridgehead atoms. The topological polar surface area (TPSA) is 23.6 Å². The van der Waals surface area contributed by atoms with Gasteiger partial charge in [-0.05, 0) is 29.9 Å². The van der Waals surface area contributed by atoms with Crippen molar-refractivity contribution in [3.05, 3.63) is 35.4 Å². The van der Waals surface area contributed by atoms with Crippen LogP contribution in [0.3, 0.4) is 0 Å². The second-order valence-electron chi connectivity index (χ2n) is 5.60. The molecule has 1 saturated heterocycles. The van der Waals surface area contributed by atoms with Crippen LogP contribution in [-0.2, 0) is 13.1 Å². The summed E-state index contributed by atoms with van der Waals surface area (Å²) in [6.07, 6.45) is 2.40. The van der Waals surface area contributed by atoms with Gasteiger partial charge in [0.25, 0.3) is 0 Å². The smallest absolute Gasteiger partial charge is 0.320 e. The standard InChI is InChI=1S/C15H20N2O/c1-12-5-4-8-16(9-12)15(18)17-10-13-6-2-3-7-14(13)11-17/h2-3,6-7,12H,4-5,8-11H2,1H3. The Kier molecular flexibility index (Phi) is 2.98. The number of hydrogen-bond donors (Lipinski definition) is 0. The maximum absolute atomic E-state index is 12.5. The fourth-order valence-corrected chi connectivity index (χ4v) is 3.03. The largest absolute Gasteiger partial charge is 0.324 e.